The first-order valence-corrected chi connectivity index (χ1v) is 5.67. The summed E-state index contributed by atoms with van der Waals surface area (Å²) in [5.74, 6) is -0.0477. The quantitative estimate of drug-likeness (QED) is 0.698. The van der Waals surface area contributed by atoms with Gasteiger partial charge in [-0.3, -0.25) is 9.89 Å². The van der Waals surface area contributed by atoms with Crippen LogP contribution in [-0.4, -0.2) is 35.7 Å². The Labute approximate surface area is 95.0 Å². The highest BCUT2D eigenvalue weighted by atomic mass is 16.1. The summed E-state index contributed by atoms with van der Waals surface area (Å²) in [4.78, 5) is 11.7. The molecule has 5 nitrogen and oxygen atoms in total. The number of aromatic nitrogens is 2. The third kappa shape index (κ3) is 2.61. The Morgan fingerprint density at radius 2 is 2.31 bits per heavy atom. The van der Waals surface area contributed by atoms with Crippen LogP contribution in [0.1, 0.15) is 30.1 Å². The van der Waals surface area contributed by atoms with Gasteiger partial charge in [0.15, 0.2) is 0 Å². The second-order valence-electron chi connectivity index (χ2n) is 4.73. The highest BCUT2D eigenvalue weighted by molar-refractivity contribution is 5.93. The molecular formula is C11H18N4O. The van der Waals surface area contributed by atoms with Gasteiger partial charge in [0.1, 0.15) is 0 Å². The summed E-state index contributed by atoms with van der Waals surface area (Å²) >= 11 is 0. The van der Waals surface area contributed by atoms with Gasteiger partial charge in [0.2, 0.25) is 0 Å². The first-order valence-electron chi connectivity index (χ1n) is 5.67. The molecule has 5 heteroatoms. The zero-order valence-electron chi connectivity index (χ0n) is 9.55. The van der Waals surface area contributed by atoms with Gasteiger partial charge in [-0.05, 0) is 31.3 Å². The van der Waals surface area contributed by atoms with Crippen molar-refractivity contribution in [3.63, 3.8) is 0 Å². The van der Waals surface area contributed by atoms with Crippen molar-refractivity contribution >= 4 is 5.91 Å². The minimum Gasteiger partial charge on any atom is -0.351 e. The summed E-state index contributed by atoms with van der Waals surface area (Å²) < 4.78 is 0. The molecule has 1 aromatic heterocycles. The topological polar surface area (TPSA) is 69.8 Å². The normalized spacial score (nSPS) is 19.3. The SMILES string of the molecule is CC1(CNC(=O)c2cn[nH]c2)CCNCC1. The third-order valence-electron chi connectivity index (χ3n) is 3.25. The van der Waals surface area contributed by atoms with Gasteiger partial charge in [0.05, 0.1) is 11.8 Å². The van der Waals surface area contributed by atoms with E-state index in [1.54, 1.807) is 12.4 Å². The van der Waals surface area contributed by atoms with E-state index in [1.807, 2.05) is 0 Å². The monoisotopic (exact) mass is 222 g/mol. The van der Waals surface area contributed by atoms with Crippen molar-refractivity contribution in [1.29, 1.82) is 0 Å². The number of H-pyrrole nitrogens is 1. The fraction of sp³-hybridized carbons (Fsp3) is 0.636. The van der Waals surface area contributed by atoms with E-state index in [4.69, 9.17) is 0 Å². The lowest BCUT2D eigenvalue weighted by molar-refractivity contribution is 0.0922. The minimum atomic E-state index is -0.0477. The Hall–Kier alpha value is -1.36. The second kappa shape index (κ2) is 4.65. The van der Waals surface area contributed by atoms with Crippen LogP contribution in [-0.2, 0) is 0 Å². The summed E-state index contributed by atoms with van der Waals surface area (Å²) in [6.07, 6.45) is 5.37. The standard InChI is InChI=1S/C11H18N4O/c1-11(2-4-12-5-3-11)8-13-10(16)9-6-14-15-7-9/h6-7,12H,2-5,8H2,1H3,(H,13,16)(H,14,15). The van der Waals surface area contributed by atoms with E-state index in [0.29, 0.717) is 5.56 Å². The lowest BCUT2D eigenvalue weighted by Gasteiger charge is -2.34. The van der Waals surface area contributed by atoms with Crippen molar-refractivity contribution < 1.29 is 4.79 Å². The largest absolute Gasteiger partial charge is 0.351 e. The predicted octanol–water partition coefficient (Wildman–Crippen LogP) is 0.529. The van der Waals surface area contributed by atoms with Crippen LogP contribution in [0.15, 0.2) is 12.4 Å². The lowest BCUT2D eigenvalue weighted by atomic mass is 9.81. The molecule has 1 amide bonds. The molecule has 2 heterocycles. The molecule has 1 fully saturated rings. The van der Waals surface area contributed by atoms with Crippen molar-refractivity contribution in [2.45, 2.75) is 19.8 Å². The molecule has 1 aliphatic rings. The van der Waals surface area contributed by atoms with Crippen LogP contribution in [0.3, 0.4) is 0 Å². The van der Waals surface area contributed by atoms with E-state index in [-0.39, 0.29) is 11.3 Å². The number of amides is 1. The molecule has 0 radical (unpaired) electrons. The number of carbonyl (C=O) groups is 1. The maximum Gasteiger partial charge on any atom is 0.254 e. The van der Waals surface area contributed by atoms with Crippen LogP contribution in [0.5, 0.6) is 0 Å². The fourth-order valence-corrected chi connectivity index (χ4v) is 1.98. The summed E-state index contributed by atoms with van der Waals surface area (Å²) in [6, 6.07) is 0. The first kappa shape index (κ1) is 11.1. The molecule has 0 atom stereocenters. The number of hydrogen-bond acceptors (Lipinski definition) is 3. The lowest BCUT2D eigenvalue weighted by Crippen LogP contribution is -2.42. The Morgan fingerprint density at radius 1 is 1.56 bits per heavy atom. The van der Waals surface area contributed by atoms with E-state index in [0.717, 1.165) is 32.5 Å². The average Bonchev–Trinajstić information content (AvgIpc) is 2.80. The number of nitrogens with zero attached hydrogens (tertiary/aromatic N) is 1. The molecule has 88 valence electrons. The highest BCUT2D eigenvalue weighted by Crippen LogP contribution is 2.26. The number of carbonyl (C=O) groups excluding carboxylic acids is 1. The van der Waals surface area contributed by atoms with Crippen molar-refractivity contribution in [3.05, 3.63) is 18.0 Å². The summed E-state index contributed by atoms with van der Waals surface area (Å²) in [7, 11) is 0. The Bertz CT molecular complexity index is 341. The van der Waals surface area contributed by atoms with Crippen LogP contribution in [0, 0.1) is 5.41 Å². The zero-order valence-corrected chi connectivity index (χ0v) is 9.55. The molecule has 0 bridgehead atoms. The molecule has 0 aliphatic carbocycles. The van der Waals surface area contributed by atoms with Gasteiger partial charge in [-0.15, -0.1) is 0 Å². The zero-order chi connectivity index (χ0) is 11.4. The number of rotatable bonds is 3. The number of nitrogens with one attached hydrogen (secondary N) is 3. The Morgan fingerprint density at radius 3 is 2.94 bits per heavy atom. The van der Waals surface area contributed by atoms with Gasteiger partial charge < -0.3 is 10.6 Å². The van der Waals surface area contributed by atoms with Crippen LogP contribution in [0.4, 0.5) is 0 Å². The van der Waals surface area contributed by atoms with Gasteiger partial charge in [-0.25, -0.2) is 0 Å². The average molecular weight is 222 g/mol. The predicted molar refractivity (Wildman–Crippen MR) is 61.1 cm³/mol. The van der Waals surface area contributed by atoms with Gasteiger partial charge in [0.25, 0.3) is 5.91 Å². The van der Waals surface area contributed by atoms with Crippen molar-refractivity contribution in [2.24, 2.45) is 5.41 Å². The molecular weight excluding hydrogens is 204 g/mol. The van der Waals surface area contributed by atoms with E-state index in [2.05, 4.69) is 27.8 Å². The van der Waals surface area contributed by atoms with Gasteiger partial charge in [-0.1, -0.05) is 6.92 Å². The smallest absolute Gasteiger partial charge is 0.254 e. The van der Waals surface area contributed by atoms with Crippen LogP contribution < -0.4 is 10.6 Å². The molecule has 16 heavy (non-hydrogen) atoms. The highest BCUT2D eigenvalue weighted by Gasteiger charge is 2.27. The number of hydrogen-bond donors (Lipinski definition) is 3. The summed E-state index contributed by atoms with van der Waals surface area (Å²) in [6.45, 7) is 5.04. The number of piperidine rings is 1. The summed E-state index contributed by atoms with van der Waals surface area (Å²) in [5, 5.41) is 12.7. The molecule has 2 rings (SSSR count). The van der Waals surface area contributed by atoms with E-state index >= 15 is 0 Å². The fourth-order valence-electron chi connectivity index (χ4n) is 1.98. The Balaban J connectivity index is 1.84. The van der Waals surface area contributed by atoms with Crippen molar-refractivity contribution in [1.82, 2.24) is 20.8 Å². The third-order valence-corrected chi connectivity index (χ3v) is 3.25. The molecule has 0 unspecified atom stereocenters. The molecule has 0 aromatic carbocycles. The van der Waals surface area contributed by atoms with Gasteiger partial charge in [0, 0.05) is 12.7 Å². The van der Waals surface area contributed by atoms with E-state index in [1.165, 1.54) is 0 Å². The second-order valence-corrected chi connectivity index (χ2v) is 4.73. The first-order chi connectivity index (χ1) is 7.70. The maximum atomic E-state index is 11.7. The van der Waals surface area contributed by atoms with E-state index < -0.39 is 0 Å². The molecule has 1 aliphatic heterocycles. The minimum absolute atomic E-state index is 0.0477. The van der Waals surface area contributed by atoms with Gasteiger partial charge in [-0.2, -0.15) is 5.10 Å². The molecule has 3 N–H and O–H groups in total. The Kier molecular flexibility index (Phi) is 3.24. The van der Waals surface area contributed by atoms with Crippen molar-refractivity contribution in [3.8, 4) is 0 Å². The van der Waals surface area contributed by atoms with Crippen molar-refractivity contribution in [2.75, 3.05) is 19.6 Å². The number of aromatic amines is 1. The molecule has 1 saturated heterocycles. The molecule has 1 aromatic rings. The summed E-state index contributed by atoms with van der Waals surface area (Å²) in [5.41, 5.74) is 0.822. The van der Waals surface area contributed by atoms with Crippen LogP contribution in [0.2, 0.25) is 0 Å². The van der Waals surface area contributed by atoms with Gasteiger partial charge >= 0.3 is 0 Å². The molecule has 0 spiro atoms. The van der Waals surface area contributed by atoms with E-state index in [9.17, 15) is 4.79 Å². The van der Waals surface area contributed by atoms with Crippen LogP contribution in [0.25, 0.3) is 0 Å². The molecule has 0 saturated carbocycles. The van der Waals surface area contributed by atoms with Crippen LogP contribution >= 0.6 is 0 Å². The maximum absolute atomic E-state index is 11.7.